The summed E-state index contributed by atoms with van der Waals surface area (Å²) in [6.07, 6.45) is 1.41. The van der Waals surface area contributed by atoms with Crippen LogP contribution in [0.5, 0.6) is 11.5 Å². The minimum absolute atomic E-state index is 0.146. The SMILES string of the molecule is COc1cccc(CN2CCC(N3CCNCC3)C2)c1OC(C)C. The van der Waals surface area contributed by atoms with Crippen LogP contribution in [0.1, 0.15) is 25.8 Å². The van der Waals surface area contributed by atoms with Crippen LogP contribution in [0.3, 0.4) is 0 Å². The number of piperazine rings is 1. The van der Waals surface area contributed by atoms with E-state index in [-0.39, 0.29) is 6.10 Å². The molecule has 5 nitrogen and oxygen atoms in total. The molecule has 2 fully saturated rings. The molecule has 134 valence electrons. The Labute approximate surface area is 145 Å². The fourth-order valence-corrected chi connectivity index (χ4v) is 3.76. The van der Waals surface area contributed by atoms with Gasteiger partial charge in [0.2, 0.25) is 0 Å². The summed E-state index contributed by atoms with van der Waals surface area (Å²) in [6, 6.07) is 6.91. The van der Waals surface area contributed by atoms with Crippen LogP contribution in [0.4, 0.5) is 0 Å². The second-order valence-corrected chi connectivity index (χ2v) is 7.08. The van der Waals surface area contributed by atoms with Crippen molar-refractivity contribution in [2.75, 3.05) is 46.4 Å². The first-order chi connectivity index (χ1) is 11.7. The topological polar surface area (TPSA) is 37.0 Å². The van der Waals surface area contributed by atoms with E-state index in [9.17, 15) is 0 Å². The molecule has 0 amide bonds. The van der Waals surface area contributed by atoms with Gasteiger partial charge in [0.05, 0.1) is 13.2 Å². The van der Waals surface area contributed by atoms with Crippen molar-refractivity contribution >= 4 is 0 Å². The van der Waals surface area contributed by atoms with Gasteiger partial charge < -0.3 is 14.8 Å². The van der Waals surface area contributed by atoms with Crippen molar-refractivity contribution in [3.05, 3.63) is 23.8 Å². The zero-order valence-corrected chi connectivity index (χ0v) is 15.3. The molecule has 24 heavy (non-hydrogen) atoms. The first-order valence-corrected chi connectivity index (χ1v) is 9.17. The van der Waals surface area contributed by atoms with Gasteiger partial charge in [0.15, 0.2) is 11.5 Å². The average molecular weight is 333 g/mol. The van der Waals surface area contributed by atoms with Crippen LogP contribution in [0.2, 0.25) is 0 Å². The maximum absolute atomic E-state index is 6.05. The number of nitrogens with zero attached hydrogens (tertiary/aromatic N) is 2. The normalized spacial score (nSPS) is 22.9. The number of hydrogen-bond donors (Lipinski definition) is 1. The summed E-state index contributed by atoms with van der Waals surface area (Å²) in [4.78, 5) is 5.20. The third-order valence-electron chi connectivity index (χ3n) is 4.94. The van der Waals surface area contributed by atoms with E-state index < -0.39 is 0 Å². The van der Waals surface area contributed by atoms with Gasteiger partial charge in [-0.05, 0) is 26.3 Å². The van der Waals surface area contributed by atoms with Crippen LogP contribution in [-0.2, 0) is 6.54 Å². The third kappa shape index (κ3) is 4.21. The van der Waals surface area contributed by atoms with Crippen LogP contribution in [-0.4, -0.2) is 68.3 Å². The van der Waals surface area contributed by atoms with E-state index in [4.69, 9.17) is 9.47 Å². The lowest BCUT2D eigenvalue weighted by molar-refractivity contribution is 0.169. The van der Waals surface area contributed by atoms with E-state index in [0.29, 0.717) is 6.04 Å². The van der Waals surface area contributed by atoms with Gasteiger partial charge in [0, 0.05) is 57.4 Å². The third-order valence-corrected chi connectivity index (χ3v) is 4.94. The van der Waals surface area contributed by atoms with E-state index >= 15 is 0 Å². The minimum Gasteiger partial charge on any atom is -0.493 e. The molecule has 0 spiro atoms. The molecule has 1 aromatic rings. The molecule has 0 bridgehead atoms. The minimum atomic E-state index is 0.146. The summed E-state index contributed by atoms with van der Waals surface area (Å²) in [5.41, 5.74) is 1.23. The summed E-state index contributed by atoms with van der Waals surface area (Å²) in [6.45, 7) is 12.0. The van der Waals surface area contributed by atoms with Gasteiger partial charge in [0.25, 0.3) is 0 Å². The van der Waals surface area contributed by atoms with Gasteiger partial charge in [-0.3, -0.25) is 9.80 Å². The van der Waals surface area contributed by atoms with Gasteiger partial charge in [-0.1, -0.05) is 12.1 Å². The number of benzene rings is 1. The molecule has 1 N–H and O–H groups in total. The quantitative estimate of drug-likeness (QED) is 0.861. The van der Waals surface area contributed by atoms with Crippen molar-refractivity contribution in [3.63, 3.8) is 0 Å². The summed E-state index contributed by atoms with van der Waals surface area (Å²) < 4.78 is 11.6. The molecule has 0 saturated carbocycles. The fraction of sp³-hybridized carbons (Fsp3) is 0.684. The Morgan fingerprint density at radius 1 is 1.21 bits per heavy atom. The fourth-order valence-electron chi connectivity index (χ4n) is 3.76. The molecule has 5 heteroatoms. The van der Waals surface area contributed by atoms with Crippen molar-refractivity contribution in [1.82, 2.24) is 15.1 Å². The van der Waals surface area contributed by atoms with Crippen LogP contribution in [0.25, 0.3) is 0 Å². The van der Waals surface area contributed by atoms with Crippen molar-refractivity contribution < 1.29 is 9.47 Å². The molecule has 0 aliphatic carbocycles. The molecule has 2 aliphatic heterocycles. The number of nitrogens with one attached hydrogen (secondary N) is 1. The van der Waals surface area contributed by atoms with Gasteiger partial charge in [-0.25, -0.2) is 0 Å². The molecule has 1 aromatic carbocycles. The zero-order chi connectivity index (χ0) is 16.9. The Hall–Kier alpha value is -1.30. The zero-order valence-electron chi connectivity index (χ0n) is 15.3. The Morgan fingerprint density at radius 3 is 2.71 bits per heavy atom. The molecule has 2 saturated heterocycles. The molecule has 1 atom stereocenters. The smallest absolute Gasteiger partial charge is 0.166 e. The second kappa shape index (κ2) is 8.19. The van der Waals surface area contributed by atoms with E-state index in [2.05, 4.69) is 41.1 Å². The van der Waals surface area contributed by atoms with Crippen LogP contribution >= 0.6 is 0 Å². The lowest BCUT2D eigenvalue weighted by Crippen LogP contribution is -2.49. The molecular formula is C19H31N3O2. The summed E-state index contributed by atoms with van der Waals surface area (Å²) >= 11 is 0. The van der Waals surface area contributed by atoms with Gasteiger partial charge in [-0.15, -0.1) is 0 Å². The van der Waals surface area contributed by atoms with Crippen LogP contribution in [0, 0.1) is 0 Å². The van der Waals surface area contributed by atoms with Crippen LogP contribution < -0.4 is 14.8 Å². The molecule has 0 aromatic heterocycles. The van der Waals surface area contributed by atoms with Crippen molar-refractivity contribution in [3.8, 4) is 11.5 Å². The Morgan fingerprint density at radius 2 is 2.00 bits per heavy atom. The Balaban J connectivity index is 1.65. The number of para-hydroxylation sites is 1. The highest BCUT2D eigenvalue weighted by molar-refractivity contribution is 5.46. The number of hydrogen-bond acceptors (Lipinski definition) is 5. The lowest BCUT2D eigenvalue weighted by Gasteiger charge is -2.32. The van der Waals surface area contributed by atoms with Crippen molar-refractivity contribution in [2.45, 2.75) is 39.0 Å². The van der Waals surface area contributed by atoms with Gasteiger partial charge in [-0.2, -0.15) is 0 Å². The summed E-state index contributed by atoms with van der Waals surface area (Å²) in [5, 5.41) is 3.44. The Bertz CT molecular complexity index is 529. The van der Waals surface area contributed by atoms with E-state index in [1.54, 1.807) is 7.11 Å². The number of methoxy groups -OCH3 is 1. The monoisotopic (exact) mass is 333 g/mol. The predicted octanol–water partition coefficient (Wildman–Crippen LogP) is 1.96. The molecule has 2 heterocycles. The molecule has 3 rings (SSSR count). The maximum atomic E-state index is 6.05. The first kappa shape index (κ1) is 17.5. The number of likely N-dealkylation sites (tertiary alicyclic amines) is 1. The van der Waals surface area contributed by atoms with Crippen molar-refractivity contribution in [2.24, 2.45) is 0 Å². The second-order valence-electron chi connectivity index (χ2n) is 7.08. The Kier molecular flexibility index (Phi) is 5.98. The van der Waals surface area contributed by atoms with Gasteiger partial charge in [0.1, 0.15) is 0 Å². The molecular weight excluding hydrogens is 302 g/mol. The standard InChI is InChI=1S/C19H31N3O2/c1-15(2)24-19-16(5-4-6-18(19)23-3)13-21-10-7-17(14-21)22-11-8-20-9-12-22/h4-6,15,17,20H,7-14H2,1-3H3. The molecule has 0 radical (unpaired) electrons. The van der Waals surface area contributed by atoms with Gasteiger partial charge >= 0.3 is 0 Å². The average Bonchev–Trinajstić information content (AvgIpc) is 3.05. The number of ether oxygens (including phenoxy) is 2. The van der Waals surface area contributed by atoms with E-state index in [0.717, 1.165) is 44.2 Å². The van der Waals surface area contributed by atoms with E-state index in [1.165, 1.54) is 25.1 Å². The highest BCUT2D eigenvalue weighted by atomic mass is 16.5. The summed E-state index contributed by atoms with van der Waals surface area (Å²) in [5.74, 6) is 1.74. The highest BCUT2D eigenvalue weighted by Gasteiger charge is 2.29. The highest BCUT2D eigenvalue weighted by Crippen LogP contribution is 2.33. The summed E-state index contributed by atoms with van der Waals surface area (Å²) in [7, 11) is 1.71. The largest absolute Gasteiger partial charge is 0.493 e. The predicted molar refractivity (Wildman–Crippen MR) is 96.9 cm³/mol. The lowest BCUT2D eigenvalue weighted by atomic mass is 10.1. The number of rotatable bonds is 6. The maximum Gasteiger partial charge on any atom is 0.166 e. The van der Waals surface area contributed by atoms with Crippen molar-refractivity contribution in [1.29, 1.82) is 0 Å². The van der Waals surface area contributed by atoms with E-state index in [1.807, 2.05) is 6.07 Å². The molecule has 1 unspecified atom stereocenters. The first-order valence-electron chi connectivity index (χ1n) is 9.17. The van der Waals surface area contributed by atoms with Crippen LogP contribution in [0.15, 0.2) is 18.2 Å². The molecule has 2 aliphatic rings.